The summed E-state index contributed by atoms with van der Waals surface area (Å²) in [4.78, 5) is 17.5. The maximum absolute atomic E-state index is 12.6. The highest BCUT2D eigenvalue weighted by Crippen LogP contribution is 2.39. The lowest BCUT2D eigenvalue weighted by Crippen LogP contribution is -2.46. The molecule has 3 atom stereocenters. The van der Waals surface area contributed by atoms with Gasteiger partial charge in [-0.25, -0.2) is 0 Å². The molecule has 3 aliphatic rings. The maximum atomic E-state index is 12.6. The third-order valence-corrected chi connectivity index (χ3v) is 9.76. The minimum atomic E-state index is -0.621. The van der Waals surface area contributed by atoms with Crippen molar-refractivity contribution in [3.8, 4) is 11.3 Å². The van der Waals surface area contributed by atoms with Crippen LogP contribution in [-0.4, -0.2) is 69.4 Å². The Morgan fingerprint density at radius 1 is 0.925 bits per heavy atom. The molecule has 1 N–H and O–H groups in total. The Morgan fingerprint density at radius 3 is 2.27 bits per heavy atom. The first-order chi connectivity index (χ1) is 19.6. The largest absolute Gasteiger partial charge is 0.480 e. The number of rotatable bonds is 8. The molecule has 0 amide bonds. The molecular formula is C34H44N4O2. The van der Waals surface area contributed by atoms with Gasteiger partial charge in [0.1, 0.15) is 6.04 Å². The van der Waals surface area contributed by atoms with Gasteiger partial charge in [0.05, 0.1) is 17.4 Å². The molecule has 0 spiro atoms. The maximum Gasteiger partial charge on any atom is 0.321 e. The van der Waals surface area contributed by atoms with E-state index in [1.54, 1.807) is 0 Å². The topological polar surface area (TPSA) is 61.6 Å². The summed E-state index contributed by atoms with van der Waals surface area (Å²) in [5.74, 6) is 0.483. The smallest absolute Gasteiger partial charge is 0.321 e. The SMILES string of the molecule is Cc1cc(-c2ccccc2)n(C2CCN(C[C@H]3CN([C@@H](C(=O)O)C4CCCCC4)CC3c3ccccc3)CC2)n1. The van der Waals surface area contributed by atoms with E-state index in [2.05, 4.69) is 88.1 Å². The van der Waals surface area contributed by atoms with Crippen molar-refractivity contribution >= 4 is 5.97 Å². The van der Waals surface area contributed by atoms with Crippen LogP contribution in [0.5, 0.6) is 0 Å². The van der Waals surface area contributed by atoms with Gasteiger partial charge in [-0.15, -0.1) is 0 Å². The predicted molar refractivity (Wildman–Crippen MR) is 159 cm³/mol. The Kier molecular flexibility index (Phi) is 8.35. The second kappa shape index (κ2) is 12.3. The van der Waals surface area contributed by atoms with Gasteiger partial charge in [0, 0.05) is 38.6 Å². The number of carboxylic acids is 1. The van der Waals surface area contributed by atoms with Crippen LogP contribution in [0, 0.1) is 18.8 Å². The van der Waals surface area contributed by atoms with E-state index in [-0.39, 0.29) is 12.0 Å². The summed E-state index contributed by atoms with van der Waals surface area (Å²) in [6, 6.07) is 23.7. The fraction of sp³-hybridized carbons (Fsp3) is 0.529. The van der Waals surface area contributed by atoms with Gasteiger partial charge in [0.2, 0.25) is 0 Å². The summed E-state index contributed by atoms with van der Waals surface area (Å²) in [6.45, 7) is 6.96. The Bertz CT molecular complexity index is 1250. The van der Waals surface area contributed by atoms with Crippen LogP contribution < -0.4 is 0 Å². The average molecular weight is 541 g/mol. The van der Waals surface area contributed by atoms with E-state index in [9.17, 15) is 9.90 Å². The van der Waals surface area contributed by atoms with Crippen molar-refractivity contribution in [2.24, 2.45) is 11.8 Å². The van der Waals surface area contributed by atoms with Crippen molar-refractivity contribution in [1.82, 2.24) is 19.6 Å². The lowest BCUT2D eigenvalue weighted by Gasteiger charge is -2.36. The van der Waals surface area contributed by atoms with Crippen molar-refractivity contribution in [2.45, 2.75) is 69.9 Å². The molecule has 2 aliphatic heterocycles. The molecule has 1 aromatic heterocycles. The molecule has 3 heterocycles. The summed E-state index contributed by atoms with van der Waals surface area (Å²) < 4.78 is 2.27. The summed E-state index contributed by atoms with van der Waals surface area (Å²) in [5, 5.41) is 15.3. The number of hydrogen-bond donors (Lipinski definition) is 1. The molecule has 2 saturated heterocycles. The van der Waals surface area contributed by atoms with E-state index in [0.717, 1.165) is 64.1 Å². The number of aryl methyl sites for hydroxylation is 1. The molecule has 212 valence electrons. The lowest BCUT2D eigenvalue weighted by molar-refractivity contribution is -0.145. The summed E-state index contributed by atoms with van der Waals surface area (Å²) >= 11 is 0. The standard InChI is InChI=1S/C34H44N4O2/c1-25-21-32(27-13-7-3-8-14-27)38(35-25)30-17-19-36(20-18-30)22-29-23-37(24-31(29)26-11-5-2-6-12-26)33(34(39)40)28-15-9-4-10-16-28/h2-3,5-8,11-14,21,28-31,33H,4,9-10,15-20,22-24H2,1H3,(H,39,40)/t29-,31?,33+/m0/s1. The average Bonchev–Trinajstić information content (AvgIpc) is 3.58. The normalized spacial score (nSPS) is 24.3. The Labute approximate surface area is 239 Å². The monoisotopic (exact) mass is 540 g/mol. The summed E-state index contributed by atoms with van der Waals surface area (Å²) in [5.41, 5.74) is 4.88. The highest BCUT2D eigenvalue weighted by atomic mass is 16.4. The van der Waals surface area contributed by atoms with Gasteiger partial charge in [0.15, 0.2) is 0 Å². The van der Waals surface area contributed by atoms with E-state index in [1.807, 2.05) is 0 Å². The molecule has 0 radical (unpaired) electrons. The van der Waals surface area contributed by atoms with E-state index in [4.69, 9.17) is 5.10 Å². The van der Waals surface area contributed by atoms with E-state index in [1.165, 1.54) is 36.1 Å². The number of likely N-dealkylation sites (tertiary alicyclic amines) is 2. The molecule has 3 aromatic rings. The Morgan fingerprint density at radius 2 is 1.60 bits per heavy atom. The van der Waals surface area contributed by atoms with E-state index < -0.39 is 5.97 Å². The van der Waals surface area contributed by atoms with Crippen molar-refractivity contribution < 1.29 is 9.90 Å². The fourth-order valence-electron chi connectivity index (χ4n) is 7.80. The van der Waals surface area contributed by atoms with Crippen molar-refractivity contribution in [2.75, 3.05) is 32.7 Å². The van der Waals surface area contributed by atoms with Gasteiger partial charge in [-0.05, 0) is 61.6 Å². The van der Waals surface area contributed by atoms with Crippen LogP contribution in [0.2, 0.25) is 0 Å². The van der Waals surface area contributed by atoms with E-state index in [0.29, 0.717) is 17.9 Å². The van der Waals surface area contributed by atoms with Crippen molar-refractivity contribution in [1.29, 1.82) is 0 Å². The first kappa shape index (κ1) is 27.2. The zero-order valence-electron chi connectivity index (χ0n) is 23.9. The van der Waals surface area contributed by atoms with Crippen LogP contribution in [-0.2, 0) is 4.79 Å². The van der Waals surface area contributed by atoms with Gasteiger partial charge < -0.3 is 10.0 Å². The van der Waals surface area contributed by atoms with Gasteiger partial charge >= 0.3 is 5.97 Å². The minimum absolute atomic E-state index is 0.286. The minimum Gasteiger partial charge on any atom is -0.480 e. The van der Waals surface area contributed by atoms with Crippen molar-refractivity contribution in [3.05, 3.63) is 78.0 Å². The second-order valence-corrected chi connectivity index (χ2v) is 12.4. The van der Waals surface area contributed by atoms with Crippen LogP contribution in [0.15, 0.2) is 66.7 Å². The number of aliphatic carboxylic acids is 1. The number of nitrogens with zero attached hydrogens (tertiary/aromatic N) is 4. The highest BCUT2D eigenvalue weighted by molar-refractivity contribution is 5.74. The molecule has 1 saturated carbocycles. The Balaban J connectivity index is 1.15. The molecule has 1 unspecified atom stereocenters. The third kappa shape index (κ3) is 5.89. The molecule has 6 heteroatoms. The molecule has 0 bridgehead atoms. The molecule has 6 nitrogen and oxygen atoms in total. The number of hydrogen-bond acceptors (Lipinski definition) is 4. The van der Waals surface area contributed by atoms with Gasteiger partial charge in [0.25, 0.3) is 0 Å². The molecular weight excluding hydrogens is 496 g/mol. The van der Waals surface area contributed by atoms with E-state index >= 15 is 0 Å². The van der Waals surface area contributed by atoms with Crippen LogP contribution in [0.3, 0.4) is 0 Å². The predicted octanol–water partition coefficient (Wildman–Crippen LogP) is 6.24. The van der Waals surface area contributed by atoms with Gasteiger partial charge in [-0.2, -0.15) is 5.10 Å². The van der Waals surface area contributed by atoms with Crippen LogP contribution >= 0.6 is 0 Å². The number of aromatic nitrogens is 2. The third-order valence-electron chi connectivity index (χ3n) is 9.76. The first-order valence-electron chi connectivity index (χ1n) is 15.4. The zero-order chi connectivity index (χ0) is 27.5. The number of carbonyl (C=O) groups is 1. The molecule has 3 fully saturated rings. The molecule has 6 rings (SSSR count). The highest BCUT2D eigenvalue weighted by Gasteiger charge is 2.43. The van der Waals surface area contributed by atoms with Crippen LogP contribution in [0.1, 0.15) is 68.2 Å². The number of carboxylic acid groups (broad SMARTS) is 1. The van der Waals surface area contributed by atoms with Crippen LogP contribution in [0.4, 0.5) is 0 Å². The number of piperidine rings is 1. The Hall–Kier alpha value is -2.96. The quantitative estimate of drug-likeness (QED) is 0.366. The lowest BCUT2D eigenvalue weighted by atomic mass is 9.83. The van der Waals surface area contributed by atoms with Gasteiger partial charge in [-0.3, -0.25) is 14.4 Å². The fourth-order valence-corrected chi connectivity index (χ4v) is 7.80. The second-order valence-electron chi connectivity index (χ2n) is 12.4. The van der Waals surface area contributed by atoms with Crippen molar-refractivity contribution in [3.63, 3.8) is 0 Å². The molecule has 2 aromatic carbocycles. The summed E-state index contributed by atoms with van der Waals surface area (Å²) in [7, 11) is 0. The van der Waals surface area contributed by atoms with Crippen LogP contribution in [0.25, 0.3) is 11.3 Å². The zero-order valence-corrected chi connectivity index (χ0v) is 23.9. The molecule has 1 aliphatic carbocycles. The summed E-state index contributed by atoms with van der Waals surface area (Å²) in [6.07, 6.45) is 7.88. The number of benzene rings is 2. The molecule has 40 heavy (non-hydrogen) atoms. The first-order valence-corrected chi connectivity index (χ1v) is 15.4. The van der Waals surface area contributed by atoms with Gasteiger partial charge in [-0.1, -0.05) is 79.9 Å².